The Morgan fingerprint density at radius 1 is 0.857 bits per heavy atom. The van der Waals surface area contributed by atoms with Crippen LogP contribution in [0.25, 0.3) is 0 Å². The van der Waals surface area contributed by atoms with Gasteiger partial charge in [0.15, 0.2) is 0 Å². The van der Waals surface area contributed by atoms with Gasteiger partial charge in [-0.2, -0.15) is 10.5 Å². The van der Waals surface area contributed by atoms with E-state index < -0.39 is 0 Å². The van der Waals surface area contributed by atoms with Crippen molar-refractivity contribution in [3.8, 4) is 12.1 Å². The van der Waals surface area contributed by atoms with Gasteiger partial charge < -0.3 is 0 Å². The highest BCUT2D eigenvalue weighted by molar-refractivity contribution is 5.33. The predicted molar refractivity (Wildman–Crippen MR) is 114 cm³/mol. The summed E-state index contributed by atoms with van der Waals surface area (Å²) in [6.07, 6.45) is 17.6. The van der Waals surface area contributed by atoms with Crippen molar-refractivity contribution in [3.05, 3.63) is 71.8 Å². The zero-order valence-electron chi connectivity index (χ0n) is 16.7. The highest BCUT2D eigenvalue weighted by Crippen LogP contribution is 2.43. The largest absolute Gasteiger partial charge is 0.193 e. The first-order chi connectivity index (χ1) is 13.7. The van der Waals surface area contributed by atoms with E-state index in [-0.39, 0.29) is 0 Å². The Morgan fingerprint density at radius 2 is 1.46 bits per heavy atom. The first-order valence-corrected chi connectivity index (χ1v) is 10.6. The van der Waals surface area contributed by atoms with Gasteiger partial charge in [0.1, 0.15) is 0 Å². The lowest BCUT2D eigenvalue weighted by atomic mass is 9.70. The van der Waals surface area contributed by atoms with E-state index in [9.17, 15) is 0 Å². The van der Waals surface area contributed by atoms with Gasteiger partial charge in [-0.3, -0.25) is 0 Å². The summed E-state index contributed by atoms with van der Waals surface area (Å²) in [5.74, 6) is 2.67. The standard InChI is InChI=1S/C26H30N2/c1-20(23-10-6-21(7-11-23)5-3-2-4-18-27)24-14-16-26(17-15-24)25-12-8-22(19-28)9-13-25/h2-5,8-9,12-13,21,23-24,26H,1,6-7,10-11,14-17H2/b4-2+,5-3+. The van der Waals surface area contributed by atoms with Crippen molar-refractivity contribution in [3.63, 3.8) is 0 Å². The molecule has 2 nitrogen and oxygen atoms in total. The van der Waals surface area contributed by atoms with Crippen LogP contribution in [-0.2, 0) is 0 Å². The van der Waals surface area contributed by atoms with Crippen LogP contribution in [0.15, 0.2) is 60.7 Å². The van der Waals surface area contributed by atoms with Crippen molar-refractivity contribution < 1.29 is 0 Å². The highest BCUT2D eigenvalue weighted by atomic mass is 14.3. The molecule has 144 valence electrons. The second-order valence-electron chi connectivity index (χ2n) is 8.34. The number of hydrogen-bond acceptors (Lipinski definition) is 2. The molecule has 0 radical (unpaired) electrons. The molecule has 0 aromatic heterocycles. The molecule has 0 N–H and O–H groups in total. The van der Waals surface area contributed by atoms with E-state index >= 15 is 0 Å². The number of hydrogen-bond donors (Lipinski definition) is 0. The van der Waals surface area contributed by atoms with Crippen LogP contribution in [0.1, 0.15) is 68.4 Å². The average molecular weight is 371 g/mol. The van der Waals surface area contributed by atoms with E-state index in [0.717, 1.165) is 5.56 Å². The predicted octanol–water partition coefficient (Wildman–Crippen LogP) is 6.83. The Morgan fingerprint density at radius 3 is 2.04 bits per heavy atom. The molecule has 2 aliphatic carbocycles. The number of nitrogens with zero attached hydrogens (tertiary/aromatic N) is 2. The first-order valence-electron chi connectivity index (χ1n) is 10.6. The van der Waals surface area contributed by atoms with Gasteiger partial charge in [-0.15, -0.1) is 0 Å². The molecule has 0 heterocycles. The third kappa shape index (κ3) is 5.24. The maximum Gasteiger partial charge on any atom is 0.0991 e. The Labute approximate surface area is 169 Å². The molecule has 28 heavy (non-hydrogen) atoms. The molecule has 0 bridgehead atoms. The third-order valence-electron chi connectivity index (χ3n) is 6.72. The SMILES string of the molecule is C=C(C1CCC(/C=C/C=C/C#N)CC1)C1CCC(c2ccc(C#N)cc2)CC1. The summed E-state index contributed by atoms with van der Waals surface area (Å²) >= 11 is 0. The topological polar surface area (TPSA) is 47.6 Å². The third-order valence-corrected chi connectivity index (χ3v) is 6.72. The lowest BCUT2D eigenvalue weighted by Gasteiger charge is -2.36. The zero-order chi connectivity index (χ0) is 19.8. The lowest BCUT2D eigenvalue weighted by molar-refractivity contribution is 0.290. The van der Waals surface area contributed by atoms with Crippen LogP contribution in [0.4, 0.5) is 0 Å². The molecule has 1 aromatic rings. The molecule has 0 amide bonds. The molecular weight excluding hydrogens is 340 g/mol. The molecule has 2 aliphatic rings. The molecule has 0 saturated heterocycles. The van der Waals surface area contributed by atoms with Gasteiger partial charge in [-0.1, -0.05) is 42.5 Å². The molecule has 0 spiro atoms. The molecule has 0 atom stereocenters. The summed E-state index contributed by atoms with van der Waals surface area (Å²) in [4.78, 5) is 0. The van der Waals surface area contributed by atoms with Crippen LogP contribution in [0.2, 0.25) is 0 Å². The van der Waals surface area contributed by atoms with E-state index in [1.807, 2.05) is 30.4 Å². The van der Waals surface area contributed by atoms with Crippen LogP contribution >= 0.6 is 0 Å². The van der Waals surface area contributed by atoms with E-state index in [0.29, 0.717) is 23.7 Å². The Hall–Kier alpha value is -2.58. The fourth-order valence-electron chi connectivity index (χ4n) is 4.96. The normalized spacial score (nSPS) is 28.1. The minimum absolute atomic E-state index is 0.638. The smallest absolute Gasteiger partial charge is 0.0991 e. The first kappa shape index (κ1) is 20.2. The van der Waals surface area contributed by atoms with Crippen molar-refractivity contribution in [2.75, 3.05) is 0 Å². The molecule has 1 aromatic carbocycles. The summed E-state index contributed by atoms with van der Waals surface area (Å²) in [5, 5.41) is 17.5. The zero-order valence-corrected chi connectivity index (χ0v) is 16.7. The number of benzene rings is 1. The summed E-state index contributed by atoms with van der Waals surface area (Å²) in [5.41, 5.74) is 3.64. The van der Waals surface area contributed by atoms with E-state index in [1.54, 1.807) is 0 Å². The van der Waals surface area contributed by atoms with Gasteiger partial charge in [0, 0.05) is 6.08 Å². The van der Waals surface area contributed by atoms with Crippen LogP contribution in [0.5, 0.6) is 0 Å². The monoisotopic (exact) mass is 370 g/mol. The van der Waals surface area contributed by atoms with Gasteiger partial charge in [0.25, 0.3) is 0 Å². The lowest BCUT2D eigenvalue weighted by Crippen LogP contribution is -2.22. The van der Waals surface area contributed by atoms with Crippen LogP contribution in [-0.4, -0.2) is 0 Å². The van der Waals surface area contributed by atoms with Crippen molar-refractivity contribution in [2.45, 2.75) is 57.3 Å². The molecule has 2 saturated carbocycles. The van der Waals surface area contributed by atoms with Crippen molar-refractivity contribution in [1.29, 1.82) is 10.5 Å². The van der Waals surface area contributed by atoms with Crippen LogP contribution < -0.4 is 0 Å². The minimum Gasteiger partial charge on any atom is -0.193 e. The number of allylic oxidation sites excluding steroid dienone is 5. The molecule has 0 unspecified atom stereocenters. The van der Waals surface area contributed by atoms with Crippen LogP contribution in [0, 0.1) is 40.4 Å². The van der Waals surface area contributed by atoms with Crippen molar-refractivity contribution in [2.24, 2.45) is 17.8 Å². The number of nitriles is 2. The summed E-state index contributed by atoms with van der Waals surface area (Å²) < 4.78 is 0. The highest BCUT2D eigenvalue weighted by Gasteiger charge is 2.29. The molecule has 3 rings (SSSR count). The minimum atomic E-state index is 0.638. The van der Waals surface area contributed by atoms with Gasteiger partial charge in [0.2, 0.25) is 0 Å². The maximum absolute atomic E-state index is 8.96. The molecule has 2 heteroatoms. The second-order valence-corrected chi connectivity index (χ2v) is 8.34. The van der Waals surface area contributed by atoms with Gasteiger partial charge in [0.05, 0.1) is 17.7 Å². The van der Waals surface area contributed by atoms with E-state index in [2.05, 4.69) is 30.9 Å². The Balaban J connectivity index is 1.45. The van der Waals surface area contributed by atoms with Crippen molar-refractivity contribution >= 4 is 0 Å². The summed E-state index contributed by atoms with van der Waals surface area (Å²) in [6, 6.07) is 12.4. The van der Waals surface area contributed by atoms with Crippen molar-refractivity contribution in [1.82, 2.24) is 0 Å². The van der Waals surface area contributed by atoms with E-state index in [4.69, 9.17) is 10.5 Å². The summed E-state index contributed by atoms with van der Waals surface area (Å²) in [6.45, 7) is 4.53. The van der Waals surface area contributed by atoms with Gasteiger partial charge in [-0.05, 0) is 92.7 Å². The van der Waals surface area contributed by atoms with E-state index in [1.165, 1.54) is 68.6 Å². The quantitative estimate of drug-likeness (QED) is 0.324. The Kier molecular flexibility index (Phi) is 7.27. The maximum atomic E-state index is 8.96. The van der Waals surface area contributed by atoms with Gasteiger partial charge >= 0.3 is 0 Å². The Bertz CT molecular complexity index is 784. The van der Waals surface area contributed by atoms with Gasteiger partial charge in [-0.25, -0.2) is 0 Å². The molecular formula is C26H30N2. The molecule has 0 aliphatic heterocycles. The van der Waals surface area contributed by atoms with Crippen LogP contribution in [0.3, 0.4) is 0 Å². The second kappa shape index (κ2) is 10.1. The fraction of sp³-hybridized carbons (Fsp3) is 0.462. The molecule has 2 fully saturated rings. The average Bonchev–Trinajstić information content (AvgIpc) is 2.77. The fourth-order valence-corrected chi connectivity index (χ4v) is 4.96. The summed E-state index contributed by atoms with van der Waals surface area (Å²) in [7, 11) is 0. The number of rotatable bonds is 5.